The summed E-state index contributed by atoms with van der Waals surface area (Å²) in [6.07, 6.45) is 0. The van der Waals surface area contributed by atoms with Crippen molar-refractivity contribution in [3.8, 4) is 5.75 Å². The minimum atomic E-state index is -3.77. The first-order chi connectivity index (χ1) is 9.50. The number of hydrogen-bond acceptors (Lipinski definition) is 6. The van der Waals surface area contributed by atoms with Gasteiger partial charge in [0.25, 0.3) is 0 Å². The second kappa shape index (κ2) is 5.96. The van der Waals surface area contributed by atoms with Crippen molar-refractivity contribution in [3.05, 3.63) is 18.2 Å². The Morgan fingerprint density at radius 1 is 1.55 bits per heavy atom. The molecule has 0 bridgehead atoms. The van der Waals surface area contributed by atoms with Crippen LogP contribution in [-0.4, -0.2) is 57.3 Å². The molecule has 1 aliphatic heterocycles. The molecule has 7 nitrogen and oxygen atoms in total. The van der Waals surface area contributed by atoms with Gasteiger partial charge in [0.2, 0.25) is 10.0 Å². The largest absolute Gasteiger partial charge is 0.497 e. The Bertz CT molecular complexity index is 575. The van der Waals surface area contributed by atoms with Gasteiger partial charge in [-0.15, -0.1) is 0 Å². The van der Waals surface area contributed by atoms with Gasteiger partial charge in [0.15, 0.2) is 0 Å². The Labute approximate surface area is 117 Å². The van der Waals surface area contributed by atoms with E-state index in [2.05, 4.69) is 0 Å². The molecular formula is C12H18N2O5S. The summed E-state index contributed by atoms with van der Waals surface area (Å²) in [4.78, 5) is 0.0126. The molecule has 0 spiro atoms. The number of aliphatic hydroxyl groups excluding tert-OH is 1. The molecule has 2 rings (SSSR count). The Morgan fingerprint density at radius 3 is 2.90 bits per heavy atom. The molecule has 1 fully saturated rings. The highest BCUT2D eigenvalue weighted by molar-refractivity contribution is 7.89. The first-order valence-corrected chi connectivity index (χ1v) is 7.58. The number of sulfonamides is 1. The summed E-state index contributed by atoms with van der Waals surface area (Å²) in [7, 11) is -2.29. The maximum absolute atomic E-state index is 12.6. The zero-order valence-corrected chi connectivity index (χ0v) is 12.0. The van der Waals surface area contributed by atoms with Gasteiger partial charge in [-0.1, -0.05) is 0 Å². The average molecular weight is 302 g/mol. The maximum Gasteiger partial charge on any atom is 0.245 e. The molecule has 1 unspecified atom stereocenters. The van der Waals surface area contributed by atoms with Gasteiger partial charge in [0, 0.05) is 12.6 Å². The van der Waals surface area contributed by atoms with E-state index in [1.165, 1.54) is 29.6 Å². The van der Waals surface area contributed by atoms with E-state index in [9.17, 15) is 13.5 Å². The lowest BCUT2D eigenvalue weighted by Gasteiger charge is -2.33. The molecule has 1 atom stereocenters. The van der Waals surface area contributed by atoms with Gasteiger partial charge in [-0.2, -0.15) is 4.31 Å². The van der Waals surface area contributed by atoms with Crippen molar-refractivity contribution >= 4 is 15.7 Å². The number of nitrogens with zero attached hydrogens (tertiary/aromatic N) is 1. The lowest BCUT2D eigenvalue weighted by Crippen LogP contribution is -2.50. The summed E-state index contributed by atoms with van der Waals surface area (Å²) in [6.45, 7) is 0.367. The van der Waals surface area contributed by atoms with E-state index in [1.807, 2.05) is 0 Å². The fourth-order valence-corrected chi connectivity index (χ4v) is 3.80. The monoisotopic (exact) mass is 302 g/mol. The van der Waals surface area contributed by atoms with Gasteiger partial charge < -0.3 is 20.3 Å². The summed E-state index contributed by atoms with van der Waals surface area (Å²) in [5.41, 5.74) is 5.92. The molecule has 8 heteroatoms. The molecular weight excluding hydrogens is 284 g/mol. The predicted molar refractivity (Wildman–Crippen MR) is 73.0 cm³/mol. The highest BCUT2D eigenvalue weighted by Crippen LogP contribution is 2.28. The third-order valence-electron chi connectivity index (χ3n) is 3.19. The van der Waals surface area contributed by atoms with Gasteiger partial charge in [0.1, 0.15) is 10.6 Å². The quantitative estimate of drug-likeness (QED) is 0.738. The van der Waals surface area contributed by atoms with E-state index in [0.717, 1.165) is 0 Å². The van der Waals surface area contributed by atoms with Gasteiger partial charge in [-0.25, -0.2) is 8.42 Å². The fraction of sp³-hybridized carbons (Fsp3) is 0.500. The highest BCUT2D eigenvalue weighted by atomic mass is 32.2. The van der Waals surface area contributed by atoms with Crippen molar-refractivity contribution in [2.24, 2.45) is 0 Å². The van der Waals surface area contributed by atoms with Crippen molar-refractivity contribution < 1.29 is 23.0 Å². The van der Waals surface area contributed by atoms with Gasteiger partial charge in [-0.3, -0.25) is 0 Å². The lowest BCUT2D eigenvalue weighted by molar-refractivity contribution is 0.0109. The van der Waals surface area contributed by atoms with Crippen LogP contribution in [0.4, 0.5) is 5.69 Å². The molecule has 0 saturated carbocycles. The number of nitrogen functional groups attached to an aromatic ring is 1. The van der Waals surface area contributed by atoms with E-state index in [-0.39, 0.29) is 30.3 Å². The Hall–Kier alpha value is -1.35. The highest BCUT2D eigenvalue weighted by Gasteiger charge is 2.34. The van der Waals surface area contributed by atoms with Gasteiger partial charge >= 0.3 is 0 Å². The van der Waals surface area contributed by atoms with Crippen molar-refractivity contribution in [2.75, 3.05) is 39.2 Å². The van der Waals surface area contributed by atoms with Crippen LogP contribution in [-0.2, 0) is 14.8 Å². The van der Waals surface area contributed by atoms with Gasteiger partial charge in [0.05, 0.1) is 38.7 Å². The molecule has 1 aromatic rings. The molecule has 1 saturated heterocycles. The third kappa shape index (κ3) is 2.73. The van der Waals surface area contributed by atoms with Crippen LogP contribution in [0.1, 0.15) is 0 Å². The molecule has 1 aliphatic rings. The molecule has 3 N–H and O–H groups in total. The lowest BCUT2D eigenvalue weighted by atomic mass is 10.3. The SMILES string of the molecule is COc1ccc(S(=O)(=O)N2CCOCC2CO)c(N)c1. The third-order valence-corrected chi connectivity index (χ3v) is 5.21. The number of methoxy groups -OCH3 is 1. The van der Waals surface area contributed by atoms with Crippen LogP contribution in [0, 0.1) is 0 Å². The zero-order valence-electron chi connectivity index (χ0n) is 11.2. The van der Waals surface area contributed by atoms with Crippen LogP contribution in [0.15, 0.2) is 23.1 Å². The van der Waals surface area contributed by atoms with Crippen molar-refractivity contribution in [3.63, 3.8) is 0 Å². The zero-order chi connectivity index (χ0) is 14.8. The van der Waals surface area contributed by atoms with Crippen molar-refractivity contribution in [2.45, 2.75) is 10.9 Å². The summed E-state index contributed by atoms with van der Waals surface area (Å²) < 4.78 is 36.6. The number of rotatable bonds is 4. The van der Waals surface area contributed by atoms with Crippen LogP contribution in [0.2, 0.25) is 0 Å². The topological polar surface area (TPSA) is 102 Å². The van der Waals surface area contributed by atoms with Crippen LogP contribution < -0.4 is 10.5 Å². The van der Waals surface area contributed by atoms with Crippen LogP contribution in [0.3, 0.4) is 0 Å². The number of aliphatic hydroxyl groups is 1. The molecule has 1 aromatic carbocycles. The number of ether oxygens (including phenoxy) is 2. The van der Waals surface area contributed by atoms with Crippen LogP contribution in [0.25, 0.3) is 0 Å². The molecule has 112 valence electrons. The maximum atomic E-state index is 12.6. The molecule has 20 heavy (non-hydrogen) atoms. The Balaban J connectivity index is 2.38. The van der Waals surface area contributed by atoms with E-state index in [1.54, 1.807) is 0 Å². The van der Waals surface area contributed by atoms with Crippen LogP contribution >= 0.6 is 0 Å². The first-order valence-electron chi connectivity index (χ1n) is 6.14. The van der Waals surface area contributed by atoms with Crippen LogP contribution in [0.5, 0.6) is 5.75 Å². The average Bonchev–Trinajstić information content (AvgIpc) is 2.46. The molecule has 0 aromatic heterocycles. The minimum Gasteiger partial charge on any atom is -0.497 e. The smallest absolute Gasteiger partial charge is 0.245 e. The number of nitrogens with two attached hydrogens (primary N) is 1. The summed E-state index contributed by atoms with van der Waals surface area (Å²) in [5, 5.41) is 9.29. The van der Waals surface area contributed by atoms with E-state index < -0.39 is 16.1 Å². The minimum absolute atomic E-state index is 0.0126. The molecule has 0 radical (unpaired) electrons. The summed E-state index contributed by atoms with van der Waals surface area (Å²) in [6, 6.07) is 3.82. The standard InChI is InChI=1S/C12H18N2O5S/c1-18-10-2-3-12(11(13)6-10)20(16,17)14-4-5-19-8-9(14)7-15/h2-3,6,9,15H,4-5,7-8,13H2,1H3. The van der Waals surface area contributed by atoms with E-state index in [0.29, 0.717) is 12.4 Å². The second-order valence-corrected chi connectivity index (χ2v) is 6.29. The number of benzene rings is 1. The van der Waals surface area contributed by atoms with E-state index >= 15 is 0 Å². The molecule has 1 heterocycles. The normalized spacial score (nSPS) is 20.8. The first kappa shape index (κ1) is 15.0. The van der Waals surface area contributed by atoms with Gasteiger partial charge in [-0.05, 0) is 12.1 Å². The number of hydrogen-bond donors (Lipinski definition) is 2. The summed E-state index contributed by atoms with van der Waals surface area (Å²) >= 11 is 0. The van der Waals surface area contributed by atoms with E-state index in [4.69, 9.17) is 15.2 Å². The number of anilines is 1. The number of morpholine rings is 1. The second-order valence-electron chi connectivity index (χ2n) is 4.43. The van der Waals surface area contributed by atoms with Crippen molar-refractivity contribution in [1.82, 2.24) is 4.31 Å². The summed E-state index contributed by atoms with van der Waals surface area (Å²) in [5.74, 6) is 0.488. The van der Waals surface area contributed by atoms with Crippen molar-refractivity contribution in [1.29, 1.82) is 0 Å². The Kier molecular flexibility index (Phi) is 4.48. The Morgan fingerprint density at radius 2 is 2.30 bits per heavy atom. The molecule has 0 amide bonds. The predicted octanol–water partition coefficient (Wildman–Crippen LogP) is -0.341. The molecule has 0 aliphatic carbocycles. The fourth-order valence-electron chi connectivity index (χ4n) is 2.11.